The zero-order chi connectivity index (χ0) is 20.9. The molecule has 1 saturated carbocycles. The lowest BCUT2D eigenvalue weighted by atomic mass is 9.99. The van der Waals surface area contributed by atoms with Crippen molar-refractivity contribution >= 4 is 12.4 Å². The number of benzene rings is 2. The molecular formula is C24H25N3O3. The summed E-state index contributed by atoms with van der Waals surface area (Å²) in [6.07, 6.45) is 6.93. The van der Waals surface area contributed by atoms with Crippen LogP contribution in [0.4, 0.5) is 0 Å². The van der Waals surface area contributed by atoms with Gasteiger partial charge in [-0.3, -0.25) is 9.59 Å². The summed E-state index contributed by atoms with van der Waals surface area (Å²) in [5.41, 5.74) is 3.52. The van der Waals surface area contributed by atoms with Crippen molar-refractivity contribution in [3.63, 3.8) is 0 Å². The first kappa shape index (κ1) is 19.9. The van der Waals surface area contributed by atoms with Gasteiger partial charge in [0.1, 0.15) is 5.82 Å². The predicted octanol–water partition coefficient (Wildman–Crippen LogP) is 3.93. The molecule has 1 aliphatic carbocycles. The number of nitrogens with zero attached hydrogens (tertiary/aromatic N) is 3. The fraction of sp³-hybridized carbons (Fsp3) is 0.292. The Labute approximate surface area is 175 Å². The maximum atomic E-state index is 12.3. The van der Waals surface area contributed by atoms with Crippen LogP contribution >= 0.6 is 0 Å². The van der Waals surface area contributed by atoms with Gasteiger partial charge < -0.3 is 14.6 Å². The summed E-state index contributed by atoms with van der Waals surface area (Å²) in [5, 5.41) is 6.89. The standard InChI is InChI=1S/C23H23N3O.CH2O2/c27-22-14-17(16-26(22)19-10-11-19)15-25-13-12-24-23(25)21-9-5-4-8-20(21)18-6-2-1-3-7-18;2-1-3/h1-9,12-13,17,19H,10-11,14-16H2;1H,(H,2,3). The van der Waals surface area contributed by atoms with Crippen molar-refractivity contribution in [2.45, 2.75) is 31.8 Å². The lowest BCUT2D eigenvalue weighted by Gasteiger charge is -2.17. The van der Waals surface area contributed by atoms with Crippen LogP contribution in [-0.4, -0.2) is 44.5 Å². The number of aromatic nitrogens is 2. The lowest BCUT2D eigenvalue weighted by Crippen LogP contribution is -2.27. The molecule has 1 atom stereocenters. The predicted molar refractivity (Wildman–Crippen MR) is 115 cm³/mol. The maximum absolute atomic E-state index is 12.3. The first-order chi connectivity index (χ1) is 14.7. The van der Waals surface area contributed by atoms with Crippen LogP contribution in [0.15, 0.2) is 67.0 Å². The molecule has 2 fully saturated rings. The quantitative estimate of drug-likeness (QED) is 0.655. The monoisotopic (exact) mass is 403 g/mol. The normalized spacial score (nSPS) is 18.1. The van der Waals surface area contributed by atoms with Gasteiger partial charge in [-0.05, 0) is 24.0 Å². The Hall–Kier alpha value is -3.41. The Morgan fingerprint density at radius 1 is 1.03 bits per heavy atom. The third-order valence-electron chi connectivity index (χ3n) is 5.65. The van der Waals surface area contributed by atoms with Crippen LogP contribution in [0, 0.1) is 5.92 Å². The minimum Gasteiger partial charge on any atom is -0.483 e. The molecule has 154 valence electrons. The summed E-state index contributed by atoms with van der Waals surface area (Å²) >= 11 is 0. The van der Waals surface area contributed by atoms with Crippen molar-refractivity contribution in [2.24, 2.45) is 5.92 Å². The number of carbonyl (C=O) groups is 2. The van der Waals surface area contributed by atoms with Gasteiger partial charge in [0, 0.05) is 49.4 Å². The van der Waals surface area contributed by atoms with Crippen molar-refractivity contribution in [3.05, 3.63) is 67.0 Å². The SMILES string of the molecule is O=C1CC(Cn2ccnc2-c2ccccc2-c2ccccc2)CN1C1CC1.O=CO. The topological polar surface area (TPSA) is 75.4 Å². The molecule has 5 rings (SSSR count). The van der Waals surface area contributed by atoms with E-state index in [1.807, 2.05) is 18.5 Å². The first-order valence-corrected chi connectivity index (χ1v) is 10.2. The second-order valence-electron chi connectivity index (χ2n) is 7.77. The number of amides is 1. The summed E-state index contributed by atoms with van der Waals surface area (Å²) in [6, 6.07) is 19.4. The van der Waals surface area contributed by atoms with E-state index in [4.69, 9.17) is 9.90 Å². The van der Waals surface area contributed by atoms with Crippen LogP contribution in [0.2, 0.25) is 0 Å². The number of hydrogen-bond acceptors (Lipinski definition) is 3. The summed E-state index contributed by atoms with van der Waals surface area (Å²) in [7, 11) is 0. The average molecular weight is 403 g/mol. The molecule has 1 saturated heterocycles. The van der Waals surface area contributed by atoms with Crippen molar-refractivity contribution in [1.82, 2.24) is 14.5 Å². The summed E-state index contributed by atoms with van der Waals surface area (Å²) < 4.78 is 2.22. The van der Waals surface area contributed by atoms with Crippen LogP contribution < -0.4 is 0 Å². The lowest BCUT2D eigenvalue weighted by molar-refractivity contribution is -0.128. The van der Waals surface area contributed by atoms with Crippen LogP contribution in [-0.2, 0) is 16.1 Å². The zero-order valence-electron chi connectivity index (χ0n) is 16.7. The molecule has 2 aromatic carbocycles. The van der Waals surface area contributed by atoms with Gasteiger partial charge in [0.05, 0.1) is 0 Å². The smallest absolute Gasteiger partial charge is 0.290 e. The third-order valence-corrected chi connectivity index (χ3v) is 5.65. The first-order valence-electron chi connectivity index (χ1n) is 10.2. The van der Waals surface area contributed by atoms with E-state index in [9.17, 15) is 4.79 Å². The molecule has 0 spiro atoms. The molecule has 6 heteroatoms. The van der Waals surface area contributed by atoms with Gasteiger partial charge in [-0.1, -0.05) is 54.6 Å². The molecule has 3 aromatic rings. The average Bonchev–Trinajstić information content (AvgIpc) is 3.40. The molecule has 1 aliphatic heterocycles. The Balaban J connectivity index is 0.000000687. The third kappa shape index (κ3) is 4.27. The van der Waals surface area contributed by atoms with Gasteiger partial charge in [0.15, 0.2) is 0 Å². The van der Waals surface area contributed by atoms with E-state index in [0.717, 1.165) is 24.5 Å². The minimum absolute atomic E-state index is 0.250. The number of hydrogen-bond donors (Lipinski definition) is 1. The number of carboxylic acid groups (broad SMARTS) is 1. The molecule has 0 radical (unpaired) electrons. The van der Waals surface area contributed by atoms with Crippen molar-refractivity contribution < 1.29 is 14.7 Å². The second-order valence-corrected chi connectivity index (χ2v) is 7.77. The van der Waals surface area contributed by atoms with Gasteiger partial charge in [0.2, 0.25) is 5.91 Å². The molecule has 1 unspecified atom stereocenters. The fourth-order valence-corrected chi connectivity index (χ4v) is 4.20. The van der Waals surface area contributed by atoms with E-state index in [1.165, 1.54) is 24.0 Å². The molecule has 1 aromatic heterocycles. The fourth-order valence-electron chi connectivity index (χ4n) is 4.20. The van der Waals surface area contributed by atoms with Crippen LogP contribution in [0.1, 0.15) is 19.3 Å². The van der Waals surface area contributed by atoms with E-state index in [0.29, 0.717) is 24.3 Å². The highest BCUT2D eigenvalue weighted by Crippen LogP contribution is 2.35. The van der Waals surface area contributed by atoms with E-state index < -0.39 is 0 Å². The van der Waals surface area contributed by atoms with Crippen molar-refractivity contribution in [3.8, 4) is 22.5 Å². The number of imidazole rings is 1. The Morgan fingerprint density at radius 3 is 2.40 bits per heavy atom. The maximum Gasteiger partial charge on any atom is 0.290 e. The largest absolute Gasteiger partial charge is 0.483 e. The molecule has 0 bridgehead atoms. The van der Waals surface area contributed by atoms with E-state index >= 15 is 0 Å². The highest BCUT2D eigenvalue weighted by molar-refractivity contribution is 5.81. The van der Waals surface area contributed by atoms with Gasteiger partial charge in [-0.25, -0.2) is 4.98 Å². The van der Waals surface area contributed by atoms with Crippen molar-refractivity contribution in [2.75, 3.05) is 6.54 Å². The molecule has 30 heavy (non-hydrogen) atoms. The molecule has 1 amide bonds. The van der Waals surface area contributed by atoms with Crippen molar-refractivity contribution in [1.29, 1.82) is 0 Å². The van der Waals surface area contributed by atoms with Gasteiger partial charge >= 0.3 is 0 Å². The highest BCUT2D eigenvalue weighted by Gasteiger charge is 2.39. The summed E-state index contributed by atoms with van der Waals surface area (Å²) in [4.78, 5) is 27.4. The van der Waals surface area contributed by atoms with Crippen LogP contribution in [0.25, 0.3) is 22.5 Å². The molecule has 2 heterocycles. The Kier molecular flexibility index (Phi) is 5.93. The van der Waals surface area contributed by atoms with Gasteiger partial charge in [0.25, 0.3) is 6.47 Å². The summed E-state index contributed by atoms with van der Waals surface area (Å²) in [5.74, 6) is 1.68. The molecule has 2 aliphatic rings. The van der Waals surface area contributed by atoms with E-state index in [1.54, 1.807) is 0 Å². The molecular weight excluding hydrogens is 378 g/mol. The molecule has 1 N–H and O–H groups in total. The van der Waals surface area contributed by atoms with E-state index in [-0.39, 0.29) is 6.47 Å². The van der Waals surface area contributed by atoms with Crippen LogP contribution in [0.3, 0.4) is 0 Å². The Morgan fingerprint density at radius 2 is 1.70 bits per heavy atom. The second kappa shape index (κ2) is 8.95. The molecule has 6 nitrogen and oxygen atoms in total. The summed E-state index contributed by atoms with van der Waals surface area (Å²) in [6.45, 7) is 1.48. The Bertz CT molecular complexity index is 1010. The van der Waals surface area contributed by atoms with Gasteiger partial charge in [-0.2, -0.15) is 0 Å². The number of carbonyl (C=O) groups excluding carboxylic acids is 1. The zero-order valence-corrected chi connectivity index (χ0v) is 16.7. The van der Waals surface area contributed by atoms with E-state index in [2.05, 4.69) is 63.0 Å². The minimum atomic E-state index is -0.250. The van der Waals surface area contributed by atoms with Gasteiger partial charge in [-0.15, -0.1) is 0 Å². The number of likely N-dealkylation sites (tertiary alicyclic amines) is 1. The van der Waals surface area contributed by atoms with Crippen LogP contribution in [0.5, 0.6) is 0 Å². The number of rotatable bonds is 5. The highest BCUT2D eigenvalue weighted by atomic mass is 16.3.